The Balaban J connectivity index is 1.73. The Labute approximate surface area is 164 Å². The zero-order valence-corrected chi connectivity index (χ0v) is 17.7. The van der Waals surface area contributed by atoms with Crippen LogP contribution in [0.5, 0.6) is 0 Å². The van der Waals surface area contributed by atoms with Crippen LogP contribution in [0.3, 0.4) is 0 Å². The fourth-order valence-corrected chi connectivity index (χ4v) is 3.72. The molecule has 0 radical (unpaired) electrons. The molecular weight excluding hydrogens is 314 g/mol. The van der Waals surface area contributed by atoms with Crippen molar-refractivity contribution in [2.24, 2.45) is 0 Å². The number of unbranched alkanes of at least 4 members (excludes halogenated alkanes) is 15. The molecule has 0 fully saturated rings. The summed E-state index contributed by atoms with van der Waals surface area (Å²) in [6, 6.07) is 0. The third-order valence-electron chi connectivity index (χ3n) is 5.57. The zero-order valence-electron chi connectivity index (χ0n) is 17.7. The van der Waals surface area contributed by atoms with E-state index in [0.717, 1.165) is 6.54 Å². The maximum atomic E-state index is 3.82. The van der Waals surface area contributed by atoms with Crippen molar-refractivity contribution in [2.75, 3.05) is 13.1 Å². The Morgan fingerprint density at radius 1 is 0.769 bits per heavy atom. The molecule has 0 N–H and O–H groups in total. The van der Waals surface area contributed by atoms with Crippen LogP contribution in [0.4, 0.5) is 0 Å². The van der Waals surface area contributed by atoms with Crippen LogP contribution >= 0.6 is 0 Å². The molecule has 0 spiro atoms. The summed E-state index contributed by atoms with van der Waals surface area (Å²) in [5, 5.41) is 0. The highest BCUT2D eigenvalue weighted by Crippen LogP contribution is 2.14. The Kier molecular flexibility index (Phi) is 15.5. The van der Waals surface area contributed by atoms with Crippen molar-refractivity contribution in [3.8, 4) is 0 Å². The highest BCUT2D eigenvalue weighted by molar-refractivity contribution is 5.31. The summed E-state index contributed by atoms with van der Waals surface area (Å²) >= 11 is 0. The van der Waals surface area contributed by atoms with E-state index in [1.54, 1.807) is 0 Å². The Morgan fingerprint density at radius 3 is 1.62 bits per heavy atom. The van der Waals surface area contributed by atoms with Crippen molar-refractivity contribution in [3.63, 3.8) is 0 Å². The van der Waals surface area contributed by atoms with Crippen molar-refractivity contribution in [1.82, 2.24) is 4.90 Å². The second kappa shape index (κ2) is 17.4. The van der Waals surface area contributed by atoms with Crippen LogP contribution in [0.2, 0.25) is 0 Å². The molecule has 0 atom stereocenters. The molecule has 0 saturated carbocycles. The molecule has 1 rings (SSSR count). The van der Waals surface area contributed by atoms with Crippen LogP contribution in [-0.2, 0) is 0 Å². The summed E-state index contributed by atoms with van der Waals surface area (Å²) in [5.74, 6) is 0. The van der Waals surface area contributed by atoms with Crippen LogP contribution in [0.25, 0.3) is 0 Å². The van der Waals surface area contributed by atoms with Gasteiger partial charge in [0, 0.05) is 13.1 Å². The number of hydrogen-bond acceptors (Lipinski definition) is 1. The van der Waals surface area contributed by atoms with Crippen LogP contribution in [0.15, 0.2) is 36.6 Å². The van der Waals surface area contributed by atoms with Gasteiger partial charge in [0.1, 0.15) is 0 Å². The van der Waals surface area contributed by atoms with Gasteiger partial charge in [-0.05, 0) is 24.3 Å². The quantitative estimate of drug-likeness (QED) is 0.223. The molecule has 0 aromatic carbocycles. The molecule has 1 aliphatic rings. The van der Waals surface area contributed by atoms with Gasteiger partial charge >= 0.3 is 0 Å². The predicted octanol–water partition coefficient (Wildman–Crippen LogP) is 8.19. The van der Waals surface area contributed by atoms with E-state index in [0.29, 0.717) is 0 Å². The molecule has 150 valence electrons. The molecule has 1 aliphatic heterocycles. The van der Waals surface area contributed by atoms with Crippen molar-refractivity contribution in [1.29, 1.82) is 0 Å². The van der Waals surface area contributed by atoms with Gasteiger partial charge in [-0.15, -0.1) is 0 Å². The fourth-order valence-electron chi connectivity index (χ4n) is 3.72. The van der Waals surface area contributed by atoms with Crippen molar-refractivity contribution in [3.05, 3.63) is 36.6 Å². The summed E-state index contributed by atoms with van der Waals surface area (Å²) in [4.78, 5) is 2.41. The molecule has 0 aliphatic carbocycles. The van der Waals surface area contributed by atoms with E-state index in [4.69, 9.17) is 0 Å². The second-order valence-corrected chi connectivity index (χ2v) is 8.02. The maximum Gasteiger partial charge on any atom is 0.0362 e. The van der Waals surface area contributed by atoms with Gasteiger partial charge in [0.25, 0.3) is 0 Å². The lowest BCUT2D eigenvalue weighted by molar-refractivity contribution is 0.391. The summed E-state index contributed by atoms with van der Waals surface area (Å²) in [6.07, 6.45) is 31.6. The molecule has 0 aromatic rings. The number of rotatable bonds is 18. The van der Waals surface area contributed by atoms with Crippen LogP contribution in [0.1, 0.15) is 110 Å². The highest BCUT2D eigenvalue weighted by atomic mass is 15.1. The summed E-state index contributed by atoms with van der Waals surface area (Å²) < 4.78 is 0. The van der Waals surface area contributed by atoms with E-state index >= 15 is 0 Å². The van der Waals surface area contributed by atoms with Crippen molar-refractivity contribution < 1.29 is 0 Å². The molecule has 26 heavy (non-hydrogen) atoms. The monoisotopic (exact) mass is 359 g/mol. The van der Waals surface area contributed by atoms with E-state index in [2.05, 4.69) is 36.8 Å². The molecule has 1 nitrogen and oxygen atoms in total. The van der Waals surface area contributed by atoms with Crippen LogP contribution in [0, 0.1) is 0 Å². The van der Waals surface area contributed by atoms with Gasteiger partial charge in [-0.3, -0.25) is 0 Å². The number of hydrogen-bond donors (Lipinski definition) is 0. The SMILES string of the molecule is C=CC1=CCN(CCCCCCCCCCCCCCCCCC)C=C1. The summed E-state index contributed by atoms with van der Waals surface area (Å²) in [6.45, 7) is 8.37. The van der Waals surface area contributed by atoms with Gasteiger partial charge in [0.2, 0.25) is 0 Å². The third kappa shape index (κ3) is 13.3. The van der Waals surface area contributed by atoms with E-state index in [-0.39, 0.29) is 0 Å². The predicted molar refractivity (Wildman–Crippen MR) is 119 cm³/mol. The standard InChI is InChI=1S/C25H45N/c1-3-5-6-7-8-9-10-11-12-13-14-15-16-17-18-19-22-26-23-20-25(4-2)21-24-26/h4,20-21,23H,2-3,5-19,22,24H2,1H3. The highest BCUT2D eigenvalue weighted by Gasteiger charge is 2.02. The normalized spacial score (nSPS) is 13.9. The molecule has 0 bridgehead atoms. The maximum absolute atomic E-state index is 3.82. The zero-order chi connectivity index (χ0) is 18.7. The molecule has 1 heteroatoms. The fraction of sp³-hybridized carbons (Fsp3) is 0.760. The minimum absolute atomic E-state index is 1.05. The average Bonchev–Trinajstić information content (AvgIpc) is 2.68. The minimum atomic E-state index is 1.05. The van der Waals surface area contributed by atoms with E-state index < -0.39 is 0 Å². The largest absolute Gasteiger partial charge is 0.374 e. The first-order chi connectivity index (χ1) is 12.9. The van der Waals surface area contributed by atoms with Crippen LogP contribution < -0.4 is 0 Å². The van der Waals surface area contributed by atoms with Crippen molar-refractivity contribution in [2.45, 2.75) is 110 Å². The molecule has 0 amide bonds. The first kappa shape index (κ1) is 23.1. The smallest absolute Gasteiger partial charge is 0.0362 e. The molecule has 0 saturated heterocycles. The molecule has 1 heterocycles. The van der Waals surface area contributed by atoms with Gasteiger partial charge in [-0.25, -0.2) is 0 Å². The van der Waals surface area contributed by atoms with Gasteiger partial charge in [0.15, 0.2) is 0 Å². The first-order valence-electron chi connectivity index (χ1n) is 11.6. The molecule has 0 unspecified atom stereocenters. The average molecular weight is 360 g/mol. The summed E-state index contributed by atoms with van der Waals surface area (Å²) in [5.41, 5.74) is 1.26. The Morgan fingerprint density at radius 2 is 1.23 bits per heavy atom. The van der Waals surface area contributed by atoms with Crippen LogP contribution in [-0.4, -0.2) is 18.0 Å². The Hall–Kier alpha value is -0.980. The second-order valence-electron chi connectivity index (χ2n) is 8.02. The van der Waals surface area contributed by atoms with E-state index in [1.807, 2.05) is 6.08 Å². The van der Waals surface area contributed by atoms with E-state index in [1.165, 1.54) is 115 Å². The van der Waals surface area contributed by atoms with Gasteiger partial charge in [-0.2, -0.15) is 0 Å². The lowest BCUT2D eigenvalue weighted by Gasteiger charge is -2.21. The lowest BCUT2D eigenvalue weighted by atomic mass is 10.0. The number of nitrogens with zero attached hydrogens (tertiary/aromatic N) is 1. The molecular formula is C25H45N. The van der Waals surface area contributed by atoms with Gasteiger partial charge < -0.3 is 4.90 Å². The van der Waals surface area contributed by atoms with Gasteiger partial charge in [-0.1, -0.05) is 122 Å². The first-order valence-corrected chi connectivity index (χ1v) is 11.6. The molecule has 0 aromatic heterocycles. The number of allylic oxidation sites excluding steroid dienone is 3. The summed E-state index contributed by atoms with van der Waals surface area (Å²) in [7, 11) is 0. The van der Waals surface area contributed by atoms with E-state index in [9.17, 15) is 0 Å². The Bertz CT molecular complexity index is 380. The van der Waals surface area contributed by atoms with Crippen molar-refractivity contribution >= 4 is 0 Å². The lowest BCUT2D eigenvalue weighted by Crippen LogP contribution is -2.20. The minimum Gasteiger partial charge on any atom is -0.374 e. The van der Waals surface area contributed by atoms with Gasteiger partial charge in [0.05, 0.1) is 0 Å². The third-order valence-corrected chi connectivity index (χ3v) is 5.57. The topological polar surface area (TPSA) is 3.24 Å².